The van der Waals surface area contributed by atoms with Crippen LogP contribution in [0.3, 0.4) is 0 Å². The Balaban J connectivity index is 1.82. The van der Waals surface area contributed by atoms with E-state index in [0.717, 1.165) is 0 Å². The summed E-state index contributed by atoms with van der Waals surface area (Å²) < 4.78 is 5.34. The summed E-state index contributed by atoms with van der Waals surface area (Å²) in [6.45, 7) is 0.0124. The number of ether oxygens (including phenoxy) is 1. The van der Waals surface area contributed by atoms with Crippen LogP contribution in [0.25, 0.3) is 0 Å². The zero-order chi connectivity index (χ0) is 14.4. The number of nitrogens with two attached hydrogens (primary N) is 1. The zero-order valence-electron chi connectivity index (χ0n) is 10.3. The van der Waals surface area contributed by atoms with Crippen LogP contribution in [0.15, 0.2) is 46.2 Å². The predicted octanol–water partition coefficient (Wildman–Crippen LogP) is 2.91. The van der Waals surface area contributed by atoms with Gasteiger partial charge in [0.1, 0.15) is 12.4 Å². The second kappa shape index (κ2) is 6.93. The molecule has 2 aromatic rings. The number of oxime groups is 1. The Morgan fingerprint density at radius 2 is 2.05 bits per heavy atom. The van der Waals surface area contributed by atoms with Gasteiger partial charge in [0.2, 0.25) is 0 Å². The molecule has 104 valence electrons. The van der Waals surface area contributed by atoms with Crippen LogP contribution in [0, 0.1) is 0 Å². The molecule has 0 spiro atoms. The van der Waals surface area contributed by atoms with E-state index in [1.165, 1.54) is 11.3 Å². The molecule has 0 aliphatic heterocycles. The lowest BCUT2D eigenvalue weighted by Gasteiger charge is -2.05. The summed E-state index contributed by atoms with van der Waals surface area (Å²) in [5.74, 6) is 0.0981. The van der Waals surface area contributed by atoms with E-state index in [4.69, 9.17) is 22.1 Å². The lowest BCUT2D eigenvalue weighted by molar-refractivity contribution is 0.0514. The zero-order valence-corrected chi connectivity index (χ0v) is 11.9. The maximum Gasteiger partial charge on any atom is 0.366 e. The van der Waals surface area contributed by atoms with Crippen LogP contribution in [0.1, 0.15) is 10.4 Å². The summed E-state index contributed by atoms with van der Waals surface area (Å²) in [5, 5.41) is 7.56. The van der Waals surface area contributed by atoms with Crippen LogP contribution < -0.4 is 10.5 Å². The highest BCUT2D eigenvalue weighted by atomic mass is 35.5. The average molecular weight is 311 g/mol. The minimum absolute atomic E-state index is 0.0124. The number of amidine groups is 1. The molecule has 0 amide bonds. The summed E-state index contributed by atoms with van der Waals surface area (Å²) >= 11 is 7.14. The molecule has 0 saturated carbocycles. The second-order valence-electron chi connectivity index (χ2n) is 3.72. The van der Waals surface area contributed by atoms with Gasteiger partial charge in [-0.05, 0) is 35.7 Å². The van der Waals surface area contributed by atoms with Gasteiger partial charge in [-0.25, -0.2) is 4.79 Å². The molecule has 5 nitrogen and oxygen atoms in total. The number of halogens is 1. The first-order chi connectivity index (χ1) is 9.65. The molecule has 0 fully saturated rings. The summed E-state index contributed by atoms with van der Waals surface area (Å²) in [7, 11) is 0. The Morgan fingerprint density at radius 1 is 1.30 bits per heavy atom. The number of rotatable bonds is 5. The lowest BCUT2D eigenvalue weighted by Crippen LogP contribution is -2.22. The van der Waals surface area contributed by atoms with Crippen LogP contribution >= 0.6 is 22.9 Å². The Morgan fingerprint density at radius 3 is 2.70 bits per heavy atom. The van der Waals surface area contributed by atoms with Gasteiger partial charge in [0.25, 0.3) is 0 Å². The van der Waals surface area contributed by atoms with E-state index in [0.29, 0.717) is 16.3 Å². The highest BCUT2D eigenvalue weighted by molar-refractivity contribution is 7.08. The average Bonchev–Trinajstić information content (AvgIpc) is 2.98. The fourth-order valence-electron chi connectivity index (χ4n) is 1.25. The van der Waals surface area contributed by atoms with Gasteiger partial charge < -0.3 is 15.3 Å². The van der Waals surface area contributed by atoms with Gasteiger partial charge in [-0.3, -0.25) is 0 Å². The Bertz CT molecular complexity index is 597. The first kappa shape index (κ1) is 14.4. The number of thiophene rings is 1. The number of nitrogens with zero attached hydrogens (tertiary/aromatic N) is 1. The van der Waals surface area contributed by atoms with Crippen LogP contribution in [0.2, 0.25) is 5.02 Å². The molecule has 0 aliphatic rings. The van der Waals surface area contributed by atoms with Crippen molar-refractivity contribution in [3.8, 4) is 5.75 Å². The molecule has 0 bridgehead atoms. The van der Waals surface area contributed by atoms with E-state index >= 15 is 0 Å². The highest BCUT2D eigenvalue weighted by Gasteiger charge is 2.07. The minimum atomic E-state index is -0.555. The first-order valence-corrected chi connectivity index (χ1v) is 6.91. The molecule has 0 aliphatic carbocycles. The van der Waals surface area contributed by atoms with Crippen molar-refractivity contribution in [1.82, 2.24) is 0 Å². The minimum Gasteiger partial charge on any atom is -0.486 e. The molecule has 0 atom stereocenters. The van der Waals surface area contributed by atoms with Gasteiger partial charge in [-0.2, -0.15) is 11.3 Å². The predicted molar refractivity (Wildman–Crippen MR) is 78.3 cm³/mol. The number of benzene rings is 1. The third kappa shape index (κ3) is 4.25. The molecule has 7 heteroatoms. The Kier molecular flexibility index (Phi) is 4.97. The molecule has 1 heterocycles. The molecule has 1 aromatic carbocycles. The van der Waals surface area contributed by atoms with Crippen molar-refractivity contribution in [3.05, 3.63) is 51.7 Å². The van der Waals surface area contributed by atoms with Crippen LogP contribution in [-0.4, -0.2) is 18.4 Å². The van der Waals surface area contributed by atoms with Gasteiger partial charge in [-0.15, -0.1) is 0 Å². The molecule has 1 aromatic heterocycles. The van der Waals surface area contributed by atoms with Gasteiger partial charge in [0, 0.05) is 10.4 Å². The Hall–Kier alpha value is -2.05. The van der Waals surface area contributed by atoms with Crippen molar-refractivity contribution in [1.29, 1.82) is 0 Å². The van der Waals surface area contributed by atoms with Crippen LogP contribution in [0.5, 0.6) is 5.75 Å². The van der Waals surface area contributed by atoms with Crippen molar-refractivity contribution >= 4 is 34.7 Å². The standard InChI is InChI=1S/C13H11ClN2O3S/c14-10-1-3-11(4-2-10)18-7-12(15)16-19-13(17)9-5-6-20-8-9/h1-6,8H,7H2,(H2,15,16). The van der Waals surface area contributed by atoms with Gasteiger partial charge in [-0.1, -0.05) is 16.8 Å². The maximum absolute atomic E-state index is 11.5. The van der Waals surface area contributed by atoms with E-state index in [2.05, 4.69) is 9.99 Å². The van der Waals surface area contributed by atoms with Crippen molar-refractivity contribution in [2.24, 2.45) is 10.9 Å². The smallest absolute Gasteiger partial charge is 0.366 e. The van der Waals surface area contributed by atoms with Gasteiger partial charge in [0.15, 0.2) is 5.84 Å². The van der Waals surface area contributed by atoms with Crippen molar-refractivity contribution in [2.75, 3.05) is 6.61 Å². The molecule has 0 saturated heterocycles. The summed E-state index contributed by atoms with van der Waals surface area (Å²) in [4.78, 5) is 16.2. The van der Waals surface area contributed by atoms with Crippen molar-refractivity contribution < 1.29 is 14.4 Å². The quantitative estimate of drug-likeness (QED) is 0.399. The van der Waals surface area contributed by atoms with Gasteiger partial charge in [0.05, 0.1) is 5.56 Å². The second-order valence-corrected chi connectivity index (χ2v) is 4.93. The first-order valence-electron chi connectivity index (χ1n) is 5.59. The number of hydrogen-bond acceptors (Lipinski definition) is 5. The van der Waals surface area contributed by atoms with E-state index in [9.17, 15) is 4.79 Å². The summed E-state index contributed by atoms with van der Waals surface area (Å²) in [5.41, 5.74) is 6.01. The molecule has 0 radical (unpaired) electrons. The SMILES string of the molecule is N/C(COc1ccc(Cl)cc1)=N\OC(=O)c1ccsc1. The van der Waals surface area contributed by atoms with Crippen molar-refractivity contribution in [3.63, 3.8) is 0 Å². The number of hydrogen-bond donors (Lipinski definition) is 1. The summed E-state index contributed by atoms with van der Waals surface area (Å²) in [6, 6.07) is 8.44. The molecule has 2 rings (SSSR count). The van der Waals surface area contributed by atoms with Gasteiger partial charge >= 0.3 is 5.97 Å². The van der Waals surface area contributed by atoms with E-state index in [1.54, 1.807) is 41.1 Å². The summed E-state index contributed by atoms with van der Waals surface area (Å²) in [6.07, 6.45) is 0. The highest BCUT2D eigenvalue weighted by Crippen LogP contribution is 2.15. The molecular weight excluding hydrogens is 300 g/mol. The normalized spacial score (nSPS) is 11.2. The van der Waals surface area contributed by atoms with Crippen LogP contribution in [-0.2, 0) is 4.84 Å². The maximum atomic E-state index is 11.5. The molecule has 2 N–H and O–H groups in total. The molecule has 0 unspecified atom stereocenters. The van der Waals surface area contributed by atoms with E-state index in [-0.39, 0.29) is 12.4 Å². The largest absolute Gasteiger partial charge is 0.486 e. The third-order valence-corrected chi connectivity index (χ3v) is 3.14. The number of carbonyl (C=O) groups excluding carboxylic acids is 1. The molecule has 20 heavy (non-hydrogen) atoms. The Labute approximate surface area is 124 Å². The monoisotopic (exact) mass is 310 g/mol. The van der Waals surface area contributed by atoms with E-state index < -0.39 is 5.97 Å². The lowest BCUT2D eigenvalue weighted by atomic mass is 10.3. The van der Waals surface area contributed by atoms with Crippen LogP contribution in [0.4, 0.5) is 0 Å². The van der Waals surface area contributed by atoms with Crippen molar-refractivity contribution in [2.45, 2.75) is 0 Å². The molecular formula is C13H11ClN2O3S. The fraction of sp³-hybridized carbons (Fsp3) is 0.0769. The fourth-order valence-corrected chi connectivity index (χ4v) is 2.00. The topological polar surface area (TPSA) is 73.9 Å². The van der Waals surface area contributed by atoms with E-state index in [1.807, 2.05) is 0 Å². The number of carbonyl (C=O) groups is 1. The third-order valence-electron chi connectivity index (χ3n) is 2.20.